The van der Waals surface area contributed by atoms with Crippen LogP contribution in [0, 0.1) is 11.3 Å². The first-order valence-corrected chi connectivity index (χ1v) is 7.95. The quantitative estimate of drug-likeness (QED) is 0.920. The van der Waals surface area contributed by atoms with Crippen molar-refractivity contribution < 1.29 is 9.53 Å². The zero-order valence-corrected chi connectivity index (χ0v) is 13.6. The van der Waals surface area contributed by atoms with Crippen molar-refractivity contribution in [2.24, 2.45) is 17.1 Å². The number of likely N-dealkylation sites (N-methyl/N-ethyl adjacent to an activating group) is 1. The molecule has 0 spiro atoms. The van der Waals surface area contributed by atoms with Crippen molar-refractivity contribution in [2.75, 3.05) is 13.7 Å². The third-order valence-corrected chi connectivity index (χ3v) is 5.51. The fraction of sp³-hybridized carbons (Fsp3) is 0.647. The second kappa shape index (κ2) is 5.32. The molecule has 3 rings (SSSR count). The molecule has 1 saturated carbocycles. The van der Waals surface area contributed by atoms with E-state index in [9.17, 15) is 4.79 Å². The number of aromatic nitrogens is 1. The summed E-state index contributed by atoms with van der Waals surface area (Å²) in [4.78, 5) is 19.0. The molecule has 0 radical (unpaired) electrons. The van der Waals surface area contributed by atoms with Crippen molar-refractivity contribution >= 4 is 5.91 Å². The number of nitrogens with two attached hydrogens (primary N) is 1. The number of rotatable bonds is 3. The molecule has 2 fully saturated rings. The van der Waals surface area contributed by atoms with Gasteiger partial charge in [-0.2, -0.15) is 0 Å². The van der Waals surface area contributed by atoms with Gasteiger partial charge >= 0.3 is 0 Å². The number of carbonyl (C=O) groups excluding carboxylic acids is 1. The lowest BCUT2D eigenvalue weighted by Crippen LogP contribution is -2.82. The summed E-state index contributed by atoms with van der Waals surface area (Å²) < 4.78 is 5.87. The molecule has 1 aliphatic heterocycles. The maximum Gasteiger partial charge on any atom is 0.243 e. The summed E-state index contributed by atoms with van der Waals surface area (Å²) in [6, 6.07) is 5.72. The predicted molar refractivity (Wildman–Crippen MR) is 83.9 cm³/mol. The summed E-state index contributed by atoms with van der Waals surface area (Å²) in [5.41, 5.74) is 6.33. The first-order chi connectivity index (χ1) is 10.4. The van der Waals surface area contributed by atoms with Crippen LogP contribution in [0.4, 0.5) is 0 Å². The maximum atomic E-state index is 13.0. The number of hydrogen-bond donors (Lipinski definition) is 1. The lowest BCUT2D eigenvalue weighted by molar-refractivity contribution is -0.229. The highest BCUT2D eigenvalue weighted by Gasteiger charge is 2.70. The number of fused-ring (bicyclic) bond motifs is 1. The van der Waals surface area contributed by atoms with E-state index in [1.165, 1.54) is 0 Å². The minimum absolute atomic E-state index is 0.00472. The molecular weight excluding hydrogens is 278 g/mol. The Kier molecular flexibility index (Phi) is 3.73. The van der Waals surface area contributed by atoms with Gasteiger partial charge in [-0.15, -0.1) is 0 Å². The standard InChI is InChI=1S/C17H25N3O2/c1-16(2)14-13(8-6-10-22-14)17(16,18)15(21)20(3)11-12-7-4-5-9-19-12/h4-5,7,9,13-14H,6,8,10-11,18H2,1-3H3. The van der Waals surface area contributed by atoms with E-state index < -0.39 is 5.54 Å². The third kappa shape index (κ3) is 2.07. The summed E-state index contributed by atoms with van der Waals surface area (Å²) in [7, 11) is 1.80. The molecule has 1 aromatic heterocycles. The van der Waals surface area contributed by atoms with Gasteiger partial charge < -0.3 is 15.4 Å². The Hall–Kier alpha value is -1.46. The van der Waals surface area contributed by atoms with Crippen LogP contribution in [0.3, 0.4) is 0 Å². The van der Waals surface area contributed by atoms with E-state index in [4.69, 9.17) is 10.5 Å². The smallest absolute Gasteiger partial charge is 0.243 e. The van der Waals surface area contributed by atoms with Gasteiger partial charge in [0.2, 0.25) is 5.91 Å². The average molecular weight is 303 g/mol. The summed E-state index contributed by atoms with van der Waals surface area (Å²) in [5, 5.41) is 0. The Labute approximate surface area is 131 Å². The van der Waals surface area contributed by atoms with E-state index in [-0.39, 0.29) is 23.3 Å². The van der Waals surface area contributed by atoms with Crippen LogP contribution in [0.5, 0.6) is 0 Å². The highest BCUT2D eigenvalue weighted by atomic mass is 16.5. The van der Waals surface area contributed by atoms with Crippen LogP contribution in [-0.4, -0.2) is 41.1 Å². The van der Waals surface area contributed by atoms with Crippen molar-refractivity contribution in [3.05, 3.63) is 30.1 Å². The molecule has 2 heterocycles. The molecule has 1 amide bonds. The number of carbonyl (C=O) groups is 1. The largest absolute Gasteiger partial charge is 0.377 e. The molecular formula is C17H25N3O2. The van der Waals surface area contributed by atoms with Gasteiger partial charge in [0.1, 0.15) is 5.54 Å². The minimum Gasteiger partial charge on any atom is -0.377 e. The SMILES string of the molecule is CN(Cc1ccccn1)C(=O)C1(N)C2CCCOC2C1(C)C. The van der Waals surface area contributed by atoms with Crippen molar-refractivity contribution in [3.8, 4) is 0 Å². The molecule has 0 bridgehead atoms. The molecule has 2 N–H and O–H groups in total. The molecule has 0 aromatic carbocycles. The molecule has 5 heteroatoms. The summed E-state index contributed by atoms with van der Waals surface area (Å²) in [5.74, 6) is 0.116. The molecule has 1 saturated heterocycles. The Morgan fingerprint density at radius 2 is 2.27 bits per heavy atom. The Bertz CT molecular complexity index is 560. The fourth-order valence-electron chi connectivity index (χ4n) is 4.13. The van der Waals surface area contributed by atoms with E-state index in [0.29, 0.717) is 6.54 Å². The number of pyridine rings is 1. The molecule has 3 atom stereocenters. The van der Waals surface area contributed by atoms with Crippen LogP contribution in [-0.2, 0) is 16.1 Å². The molecule has 22 heavy (non-hydrogen) atoms. The van der Waals surface area contributed by atoms with Gasteiger partial charge in [0.05, 0.1) is 18.3 Å². The van der Waals surface area contributed by atoms with Gasteiger partial charge in [-0.05, 0) is 25.0 Å². The molecule has 1 aromatic rings. The van der Waals surface area contributed by atoms with Crippen molar-refractivity contribution in [1.29, 1.82) is 0 Å². The fourth-order valence-corrected chi connectivity index (χ4v) is 4.13. The van der Waals surface area contributed by atoms with Crippen molar-refractivity contribution in [3.63, 3.8) is 0 Å². The van der Waals surface area contributed by atoms with E-state index in [2.05, 4.69) is 4.98 Å². The number of amides is 1. The van der Waals surface area contributed by atoms with Crippen molar-refractivity contribution in [1.82, 2.24) is 9.88 Å². The number of nitrogens with zero attached hydrogens (tertiary/aromatic N) is 2. The Morgan fingerprint density at radius 1 is 1.50 bits per heavy atom. The number of ether oxygens (including phenoxy) is 1. The Balaban J connectivity index is 1.78. The van der Waals surface area contributed by atoms with Gasteiger partial charge in [0.15, 0.2) is 0 Å². The van der Waals surface area contributed by atoms with E-state index in [1.807, 2.05) is 32.0 Å². The van der Waals surface area contributed by atoms with Crippen LogP contribution in [0.15, 0.2) is 24.4 Å². The van der Waals surface area contributed by atoms with Gasteiger partial charge in [-0.25, -0.2) is 0 Å². The highest BCUT2D eigenvalue weighted by Crippen LogP contribution is 2.57. The topological polar surface area (TPSA) is 68.5 Å². The molecule has 1 aliphatic carbocycles. The van der Waals surface area contributed by atoms with Crippen LogP contribution < -0.4 is 5.73 Å². The van der Waals surface area contributed by atoms with Crippen LogP contribution >= 0.6 is 0 Å². The van der Waals surface area contributed by atoms with E-state index in [1.54, 1.807) is 18.1 Å². The Morgan fingerprint density at radius 3 is 2.95 bits per heavy atom. The van der Waals surface area contributed by atoms with E-state index in [0.717, 1.165) is 25.1 Å². The highest BCUT2D eigenvalue weighted by molar-refractivity contribution is 5.89. The van der Waals surface area contributed by atoms with Gasteiger partial charge in [-0.3, -0.25) is 9.78 Å². The predicted octanol–water partition coefficient (Wildman–Crippen LogP) is 1.57. The second-order valence-electron chi connectivity index (χ2n) is 7.11. The normalized spacial score (nSPS) is 32.7. The lowest BCUT2D eigenvalue weighted by Gasteiger charge is -2.65. The van der Waals surface area contributed by atoms with Crippen LogP contribution in [0.25, 0.3) is 0 Å². The molecule has 5 nitrogen and oxygen atoms in total. The third-order valence-electron chi connectivity index (χ3n) is 5.51. The van der Waals surface area contributed by atoms with Gasteiger partial charge in [-0.1, -0.05) is 19.9 Å². The molecule has 2 aliphatic rings. The number of hydrogen-bond acceptors (Lipinski definition) is 4. The second-order valence-corrected chi connectivity index (χ2v) is 7.11. The van der Waals surface area contributed by atoms with Crippen LogP contribution in [0.2, 0.25) is 0 Å². The zero-order chi connectivity index (χ0) is 16.0. The lowest BCUT2D eigenvalue weighted by atomic mass is 9.46. The van der Waals surface area contributed by atoms with E-state index >= 15 is 0 Å². The van der Waals surface area contributed by atoms with Crippen LogP contribution in [0.1, 0.15) is 32.4 Å². The first-order valence-electron chi connectivity index (χ1n) is 7.95. The summed E-state index contributed by atoms with van der Waals surface area (Å²) in [6.07, 6.45) is 3.78. The average Bonchev–Trinajstić information content (AvgIpc) is 2.54. The monoisotopic (exact) mass is 303 g/mol. The summed E-state index contributed by atoms with van der Waals surface area (Å²) >= 11 is 0. The zero-order valence-electron chi connectivity index (χ0n) is 13.6. The molecule has 120 valence electrons. The summed E-state index contributed by atoms with van der Waals surface area (Å²) in [6.45, 7) is 5.35. The maximum absolute atomic E-state index is 13.0. The van der Waals surface area contributed by atoms with Crippen molar-refractivity contribution in [2.45, 2.75) is 44.9 Å². The minimum atomic E-state index is -0.846. The molecule has 3 unspecified atom stereocenters. The van der Waals surface area contributed by atoms with Gasteiger partial charge in [0.25, 0.3) is 0 Å². The van der Waals surface area contributed by atoms with Gasteiger partial charge in [0, 0.05) is 31.2 Å². The first kappa shape index (κ1) is 15.4.